The average Bonchev–Trinajstić information content (AvgIpc) is 3.47. The maximum Gasteiger partial charge on any atom is 0.401 e. The molecule has 1 fully saturated rings. The molecule has 0 saturated carbocycles. The molecule has 11 heteroatoms. The Labute approximate surface area is 206 Å². The van der Waals surface area contributed by atoms with E-state index < -0.39 is 18.8 Å². The number of hydrogen-bond acceptors (Lipinski definition) is 7. The number of alkyl halides is 3. The second-order valence-corrected chi connectivity index (χ2v) is 8.52. The fraction of sp³-hybridized carbons (Fsp3) is 0.400. The highest BCUT2D eigenvalue weighted by atomic mass is 19.4. The fourth-order valence-corrected chi connectivity index (χ4v) is 4.04. The molecule has 4 rings (SSSR count). The van der Waals surface area contributed by atoms with Gasteiger partial charge in [0.2, 0.25) is 5.76 Å². The van der Waals surface area contributed by atoms with Crippen molar-refractivity contribution < 1.29 is 27.2 Å². The van der Waals surface area contributed by atoms with E-state index in [4.69, 9.17) is 9.26 Å². The first kappa shape index (κ1) is 25.3. The molecule has 0 unspecified atom stereocenters. The van der Waals surface area contributed by atoms with Crippen molar-refractivity contribution in [2.24, 2.45) is 0 Å². The number of carbonyl (C=O) groups is 1. The smallest absolute Gasteiger partial charge is 0.401 e. The minimum Gasteiger partial charge on any atom is -0.455 e. The van der Waals surface area contributed by atoms with E-state index in [-0.39, 0.29) is 5.97 Å². The highest BCUT2D eigenvalue weighted by Crippen LogP contribution is 2.21. The number of rotatable bonds is 6. The van der Waals surface area contributed by atoms with Crippen molar-refractivity contribution in [3.63, 3.8) is 0 Å². The molecule has 0 aliphatic carbocycles. The van der Waals surface area contributed by atoms with Gasteiger partial charge in [-0.05, 0) is 37.1 Å². The number of ether oxygens (including phenoxy) is 1. The summed E-state index contributed by atoms with van der Waals surface area (Å²) < 4.78 is 50.1. The van der Waals surface area contributed by atoms with Crippen LogP contribution in [0.2, 0.25) is 0 Å². The summed E-state index contributed by atoms with van der Waals surface area (Å²) in [7, 11) is 0. The van der Waals surface area contributed by atoms with Crippen LogP contribution in [0.3, 0.4) is 0 Å². The molecule has 1 aromatic carbocycles. The molecule has 1 saturated heterocycles. The molecule has 1 aliphatic rings. The third-order valence-corrected chi connectivity index (χ3v) is 5.68. The number of aromatic nitrogens is 3. The van der Waals surface area contributed by atoms with Crippen LogP contribution in [-0.4, -0.2) is 64.5 Å². The summed E-state index contributed by atoms with van der Waals surface area (Å²) in [6.07, 6.45) is -1.26. The van der Waals surface area contributed by atoms with Crippen LogP contribution in [0, 0.1) is 11.8 Å². The maximum absolute atomic E-state index is 12.6. The lowest BCUT2D eigenvalue weighted by atomic mass is 10.1. The molecule has 36 heavy (non-hydrogen) atoms. The molecule has 0 N–H and O–H groups in total. The second-order valence-electron chi connectivity index (χ2n) is 8.52. The zero-order valence-corrected chi connectivity index (χ0v) is 20.0. The summed E-state index contributed by atoms with van der Waals surface area (Å²) in [4.78, 5) is 19.0. The Balaban J connectivity index is 1.33. The molecule has 0 spiro atoms. The molecule has 0 radical (unpaired) electrons. The van der Waals surface area contributed by atoms with Gasteiger partial charge in [-0.25, -0.2) is 4.98 Å². The van der Waals surface area contributed by atoms with E-state index in [2.05, 4.69) is 26.9 Å². The van der Waals surface area contributed by atoms with Crippen LogP contribution in [0.5, 0.6) is 0 Å². The minimum absolute atomic E-state index is 0.373. The Hall–Kier alpha value is -3.78. The molecular weight excluding hydrogens is 475 g/mol. The van der Waals surface area contributed by atoms with Crippen molar-refractivity contribution in [3.8, 4) is 11.8 Å². The van der Waals surface area contributed by atoms with Gasteiger partial charge in [0.05, 0.1) is 13.1 Å². The summed E-state index contributed by atoms with van der Waals surface area (Å²) >= 11 is 0. The Morgan fingerprint density at radius 1 is 1.17 bits per heavy atom. The zero-order chi connectivity index (χ0) is 25.7. The van der Waals surface area contributed by atoms with E-state index in [1.54, 1.807) is 25.4 Å². The third-order valence-electron chi connectivity index (χ3n) is 5.68. The summed E-state index contributed by atoms with van der Waals surface area (Å²) in [6.45, 7) is 4.45. The van der Waals surface area contributed by atoms with Gasteiger partial charge < -0.3 is 18.7 Å². The quantitative estimate of drug-likeness (QED) is 0.377. The number of imidazole rings is 1. The largest absolute Gasteiger partial charge is 0.455 e. The van der Waals surface area contributed by atoms with E-state index in [9.17, 15) is 18.0 Å². The molecule has 190 valence electrons. The molecule has 1 atom stereocenters. The molecule has 2 aromatic heterocycles. The second kappa shape index (κ2) is 10.9. The minimum atomic E-state index is -4.17. The number of esters is 1. The van der Waals surface area contributed by atoms with Crippen LogP contribution in [0.1, 0.15) is 42.8 Å². The Morgan fingerprint density at radius 2 is 1.89 bits per heavy atom. The van der Waals surface area contributed by atoms with E-state index in [0.29, 0.717) is 50.0 Å². The lowest BCUT2D eigenvalue weighted by molar-refractivity contribution is -0.147. The van der Waals surface area contributed by atoms with Crippen LogP contribution in [-0.2, 0) is 16.1 Å². The van der Waals surface area contributed by atoms with Crippen LogP contribution < -0.4 is 4.90 Å². The number of benzene rings is 1. The monoisotopic (exact) mass is 501 g/mol. The van der Waals surface area contributed by atoms with Crippen molar-refractivity contribution in [2.75, 3.05) is 37.6 Å². The van der Waals surface area contributed by atoms with Gasteiger partial charge in [-0.15, -0.1) is 0 Å². The van der Waals surface area contributed by atoms with Gasteiger partial charge in [-0.3, -0.25) is 9.69 Å². The highest BCUT2D eigenvalue weighted by molar-refractivity contribution is 5.66. The summed E-state index contributed by atoms with van der Waals surface area (Å²) in [5.74, 6) is 6.61. The van der Waals surface area contributed by atoms with Crippen molar-refractivity contribution in [1.29, 1.82) is 0 Å². The molecule has 3 aromatic rings. The molecule has 0 bridgehead atoms. The fourth-order valence-electron chi connectivity index (χ4n) is 4.04. The van der Waals surface area contributed by atoms with Gasteiger partial charge in [0.1, 0.15) is 11.5 Å². The molecule has 3 heterocycles. The van der Waals surface area contributed by atoms with Crippen molar-refractivity contribution >= 4 is 11.7 Å². The number of halogens is 3. The van der Waals surface area contributed by atoms with Crippen LogP contribution >= 0.6 is 0 Å². The number of anilines is 1. The van der Waals surface area contributed by atoms with E-state index in [1.165, 1.54) is 11.8 Å². The normalized spacial score (nSPS) is 15.3. The van der Waals surface area contributed by atoms with Crippen molar-refractivity contribution in [2.45, 2.75) is 32.7 Å². The maximum atomic E-state index is 12.6. The first-order chi connectivity index (χ1) is 17.2. The van der Waals surface area contributed by atoms with E-state index >= 15 is 0 Å². The number of piperazine rings is 1. The van der Waals surface area contributed by atoms with Gasteiger partial charge in [0, 0.05) is 62.8 Å². The average molecular weight is 502 g/mol. The summed E-state index contributed by atoms with van der Waals surface area (Å²) in [6, 6.07) is 9.31. The summed E-state index contributed by atoms with van der Waals surface area (Å²) in [5, 5.41) is 4.05. The van der Waals surface area contributed by atoms with Crippen molar-refractivity contribution in [3.05, 3.63) is 65.6 Å². The standard InChI is InChI=1S/C25H26F3N5O3/c1-18(35-19(2)34)24-29-9-10-33(24)16-21-15-23(36-30-21)8-5-20-3-6-22(7-4-20)32-13-11-31(12-14-32)17-25(26,27)28/h3-4,6-7,9-10,15,18H,11-14,16-17H2,1-2H3/t18-/m0/s1. The van der Waals surface area contributed by atoms with Gasteiger partial charge in [0.25, 0.3) is 0 Å². The van der Waals surface area contributed by atoms with Gasteiger partial charge in [0.15, 0.2) is 6.10 Å². The van der Waals surface area contributed by atoms with E-state index in [0.717, 1.165) is 11.3 Å². The molecular formula is C25H26F3N5O3. The van der Waals surface area contributed by atoms with Gasteiger partial charge in [-0.2, -0.15) is 13.2 Å². The van der Waals surface area contributed by atoms with Crippen LogP contribution in [0.15, 0.2) is 47.2 Å². The third kappa shape index (κ3) is 6.88. The molecule has 1 aliphatic heterocycles. The Kier molecular flexibility index (Phi) is 7.64. The SMILES string of the molecule is CC(=O)O[C@@H](C)c1nccn1Cc1cc(C#Cc2ccc(N3CCN(CC(F)(F)F)CC3)cc2)on1. The predicted molar refractivity (Wildman–Crippen MR) is 125 cm³/mol. The van der Waals surface area contributed by atoms with Crippen LogP contribution in [0.4, 0.5) is 18.9 Å². The lowest BCUT2D eigenvalue weighted by Gasteiger charge is -2.36. The Bertz CT molecular complexity index is 1230. The first-order valence-electron chi connectivity index (χ1n) is 11.5. The topological polar surface area (TPSA) is 76.6 Å². The zero-order valence-electron chi connectivity index (χ0n) is 20.0. The lowest BCUT2D eigenvalue weighted by Crippen LogP contribution is -2.49. The van der Waals surface area contributed by atoms with Crippen molar-refractivity contribution in [1.82, 2.24) is 19.6 Å². The van der Waals surface area contributed by atoms with Crippen LogP contribution in [0.25, 0.3) is 0 Å². The number of hydrogen-bond donors (Lipinski definition) is 0. The Morgan fingerprint density at radius 3 is 2.56 bits per heavy atom. The van der Waals surface area contributed by atoms with Gasteiger partial charge in [-0.1, -0.05) is 11.1 Å². The number of carbonyl (C=O) groups excluding carboxylic acids is 1. The van der Waals surface area contributed by atoms with Gasteiger partial charge >= 0.3 is 12.1 Å². The van der Waals surface area contributed by atoms with E-state index in [1.807, 2.05) is 28.8 Å². The first-order valence-corrected chi connectivity index (χ1v) is 11.5. The number of nitrogens with zero attached hydrogens (tertiary/aromatic N) is 5. The highest BCUT2D eigenvalue weighted by Gasteiger charge is 2.32. The predicted octanol–water partition coefficient (Wildman–Crippen LogP) is 3.63. The molecule has 8 nitrogen and oxygen atoms in total. The summed E-state index contributed by atoms with van der Waals surface area (Å²) in [5.41, 5.74) is 2.38. The molecule has 0 amide bonds.